The van der Waals surface area contributed by atoms with Crippen molar-refractivity contribution in [2.24, 2.45) is 0 Å². The lowest BCUT2D eigenvalue weighted by Crippen LogP contribution is -2.36. The summed E-state index contributed by atoms with van der Waals surface area (Å²) in [6.45, 7) is 13.0. The second-order valence-electron chi connectivity index (χ2n) is 12.4. The van der Waals surface area contributed by atoms with Gasteiger partial charge in [-0.3, -0.25) is 0 Å². The number of rotatable bonds is 17. The van der Waals surface area contributed by atoms with Gasteiger partial charge in [0.15, 0.2) is 11.5 Å². The topological polar surface area (TPSA) is 108 Å². The third-order valence-corrected chi connectivity index (χ3v) is 7.66. The van der Waals surface area contributed by atoms with Crippen LogP contribution in [0, 0.1) is 0 Å². The average molecular weight is 644 g/mol. The van der Waals surface area contributed by atoms with Crippen molar-refractivity contribution in [1.29, 1.82) is 0 Å². The molecule has 1 aliphatic heterocycles. The zero-order valence-electron chi connectivity index (χ0n) is 28.5. The summed E-state index contributed by atoms with van der Waals surface area (Å²) in [5, 5.41) is 2.85. The van der Waals surface area contributed by atoms with Crippen LogP contribution < -0.4 is 19.5 Å². The van der Waals surface area contributed by atoms with E-state index in [0.717, 1.165) is 64.1 Å². The van der Waals surface area contributed by atoms with E-state index in [1.54, 1.807) is 12.1 Å². The van der Waals surface area contributed by atoms with Crippen molar-refractivity contribution >= 4 is 12.1 Å². The Hall–Kier alpha value is -3.54. The van der Waals surface area contributed by atoms with Gasteiger partial charge in [0.05, 0.1) is 46.2 Å². The monoisotopic (exact) mass is 643 g/mol. The molecule has 1 fully saturated rings. The highest BCUT2D eigenvalue weighted by Crippen LogP contribution is 2.38. The molecule has 0 aliphatic carbocycles. The van der Waals surface area contributed by atoms with Crippen molar-refractivity contribution in [3.8, 4) is 17.2 Å². The smallest absolute Gasteiger partial charge is 0.407 e. The van der Waals surface area contributed by atoms with E-state index in [-0.39, 0.29) is 12.2 Å². The van der Waals surface area contributed by atoms with Crippen LogP contribution in [0.5, 0.6) is 17.2 Å². The Morgan fingerprint density at radius 3 is 2.24 bits per heavy atom. The molecule has 11 nitrogen and oxygen atoms in total. The minimum absolute atomic E-state index is 0.0322. The summed E-state index contributed by atoms with van der Waals surface area (Å²) in [5.41, 5.74) is 0.953. The maximum Gasteiger partial charge on any atom is 0.407 e. The number of benzene rings is 2. The second-order valence-corrected chi connectivity index (χ2v) is 12.4. The molecule has 2 aromatic rings. The Kier molecular flexibility index (Phi) is 15.4. The molecule has 11 heteroatoms. The van der Waals surface area contributed by atoms with Crippen LogP contribution in [-0.4, -0.2) is 107 Å². The van der Waals surface area contributed by atoms with E-state index in [0.29, 0.717) is 49.0 Å². The standard InChI is InChI=1S/C35H53N3O8/c1-35(2,3)46-34(40)36-16-10-17-37-18-11-19-38(22-21-37)20-14-29(45-26-27-12-8-7-9-13-27)15-23-44-31-25-28(33(39)43-6)24-30(41-4)32(31)42-5/h7-9,12-13,24-25,29H,10-11,14-23,26H2,1-6H3,(H,36,40)/t29-/m0/s1. The number of amides is 1. The zero-order chi connectivity index (χ0) is 33.4. The maximum atomic E-state index is 12.2. The first-order valence-corrected chi connectivity index (χ1v) is 16.2. The van der Waals surface area contributed by atoms with Crippen molar-refractivity contribution in [1.82, 2.24) is 15.1 Å². The van der Waals surface area contributed by atoms with Crippen molar-refractivity contribution in [2.45, 2.75) is 64.8 Å². The maximum absolute atomic E-state index is 12.2. The molecular formula is C35H53N3O8. The molecule has 1 amide bonds. The number of hydrogen-bond donors (Lipinski definition) is 1. The number of ether oxygens (including phenoxy) is 6. The van der Waals surface area contributed by atoms with Gasteiger partial charge in [0.2, 0.25) is 5.75 Å². The van der Waals surface area contributed by atoms with Crippen LogP contribution in [0.2, 0.25) is 0 Å². The Bertz CT molecular complexity index is 1200. The van der Waals surface area contributed by atoms with Gasteiger partial charge in [-0.25, -0.2) is 9.59 Å². The van der Waals surface area contributed by atoms with Crippen LogP contribution in [0.1, 0.15) is 62.4 Å². The van der Waals surface area contributed by atoms with Gasteiger partial charge in [-0.2, -0.15) is 0 Å². The SMILES string of the molecule is COC(=O)c1cc(OC)c(OC)c(OCC[C@H](CCN2CCCN(CCCNC(=O)OC(C)(C)C)CC2)OCc2ccccc2)c1. The van der Waals surface area contributed by atoms with E-state index in [4.69, 9.17) is 28.4 Å². The fourth-order valence-electron chi connectivity index (χ4n) is 5.28. The quantitative estimate of drug-likeness (QED) is 0.184. The van der Waals surface area contributed by atoms with Crippen LogP contribution in [0.3, 0.4) is 0 Å². The van der Waals surface area contributed by atoms with Crippen LogP contribution in [-0.2, 0) is 20.8 Å². The molecule has 1 heterocycles. The number of esters is 1. The molecule has 1 N–H and O–H groups in total. The lowest BCUT2D eigenvalue weighted by molar-refractivity contribution is 0.0149. The van der Waals surface area contributed by atoms with E-state index in [2.05, 4.69) is 27.2 Å². The normalized spacial score (nSPS) is 15.0. The Morgan fingerprint density at radius 1 is 0.891 bits per heavy atom. The summed E-state index contributed by atoms with van der Waals surface area (Å²) in [4.78, 5) is 29.1. The van der Waals surface area contributed by atoms with Crippen molar-refractivity contribution < 1.29 is 38.0 Å². The number of alkyl carbamates (subject to hydrolysis) is 1. The predicted molar refractivity (Wildman–Crippen MR) is 177 cm³/mol. The Labute approximate surface area is 274 Å². The van der Waals surface area contributed by atoms with Gasteiger partial charge in [0.1, 0.15) is 5.60 Å². The van der Waals surface area contributed by atoms with Crippen LogP contribution in [0.15, 0.2) is 42.5 Å². The molecular weight excluding hydrogens is 590 g/mol. The predicted octanol–water partition coefficient (Wildman–Crippen LogP) is 5.16. The van der Waals surface area contributed by atoms with Crippen LogP contribution in [0.4, 0.5) is 4.79 Å². The summed E-state index contributed by atoms with van der Waals surface area (Å²) in [7, 11) is 4.39. The molecule has 0 aromatic heterocycles. The molecule has 0 unspecified atom stereocenters. The number of nitrogens with one attached hydrogen (secondary N) is 1. The molecule has 1 atom stereocenters. The minimum Gasteiger partial charge on any atom is -0.493 e. The van der Waals surface area contributed by atoms with E-state index in [1.807, 2.05) is 39.0 Å². The molecule has 0 saturated carbocycles. The lowest BCUT2D eigenvalue weighted by Gasteiger charge is -2.25. The molecule has 46 heavy (non-hydrogen) atoms. The highest BCUT2D eigenvalue weighted by molar-refractivity contribution is 5.91. The lowest BCUT2D eigenvalue weighted by atomic mass is 10.1. The molecule has 2 aromatic carbocycles. The molecule has 1 aliphatic rings. The minimum atomic E-state index is -0.490. The number of methoxy groups -OCH3 is 3. The van der Waals surface area contributed by atoms with E-state index < -0.39 is 11.6 Å². The van der Waals surface area contributed by atoms with Gasteiger partial charge in [-0.1, -0.05) is 30.3 Å². The van der Waals surface area contributed by atoms with Crippen molar-refractivity contribution in [3.05, 3.63) is 53.6 Å². The van der Waals surface area contributed by atoms with Crippen LogP contribution in [0.25, 0.3) is 0 Å². The first-order valence-electron chi connectivity index (χ1n) is 16.2. The molecule has 0 spiro atoms. The largest absolute Gasteiger partial charge is 0.493 e. The summed E-state index contributed by atoms with van der Waals surface area (Å²) in [6.07, 6.45) is 3.10. The first kappa shape index (κ1) is 36.9. The Balaban J connectivity index is 1.52. The number of hydrogen-bond acceptors (Lipinski definition) is 10. The highest BCUT2D eigenvalue weighted by atomic mass is 16.6. The summed E-state index contributed by atoms with van der Waals surface area (Å²) >= 11 is 0. The molecule has 1 saturated heterocycles. The van der Waals surface area contributed by atoms with Gasteiger partial charge < -0.3 is 43.5 Å². The summed E-state index contributed by atoms with van der Waals surface area (Å²) in [5.74, 6) is 0.750. The number of carbonyl (C=O) groups excluding carboxylic acids is 2. The molecule has 256 valence electrons. The van der Waals surface area contributed by atoms with Crippen molar-refractivity contribution in [2.75, 3.05) is 73.7 Å². The number of carbonyl (C=O) groups is 2. The summed E-state index contributed by atoms with van der Waals surface area (Å²) in [6, 6.07) is 13.4. The van der Waals surface area contributed by atoms with Gasteiger partial charge in [-0.15, -0.1) is 0 Å². The van der Waals surface area contributed by atoms with E-state index in [9.17, 15) is 9.59 Å². The first-order chi connectivity index (χ1) is 22.1. The third-order valence-electron chi connectivity index (χ3n) is 7.66. The second kappa shape index (κ2) is 19.2. The van der Waals surface area contributed by atoms with Gasteiger partial charge >= 0.3 is 12.1 Å². The summed E-state index contributed by atoms with van der Waals surface area (Å²) < 4.78 is 33.8. The molecule has 0 radical (unpaired) electrons. The Morgan fingerprint density at radius 2 is 1.59 bits per heavy atom. The van der Waals surface area contributed by atoms with Crippen molar-refractivity contribution in [3.63, 3.8) is 0 Å². The fraction of sp³-hybridized carbons (Fsp3) is 0.600. The van der Waals surface area contributed by atoms with E-state index >= 15 is 0 Å². The highest BCUT2D eigenvalue weighted by Gasteiger charge is 2.21. The molecule has 3 rings (SSSR count). The third kappa shape index (κ3) is 13.1. The van der Waals surface area contributed by atoms with Gasteiger partial charge in [-0.05, 0) is 77.4 Å². The van der Waals surface area contributed by atoms with Gasteiger partial charge in [0.25, 0.3) is 0 Å². The van der Waals surface area contributed by atoms with Crippen LogP contribution >= 0.6 is 0 Å². The zero-order valence-corrected chi connectivity index (χ0v) is 28.5. The van der Waals surface area contributed by atoms with E-state index in [1.165, 1.54) is 21.3 Å². The van der Waals surface area contributed by atoms with Gasteiger partial charge in [0, 0.05) is 32.6 Å². The average Bonchev–Trinajstić information content (AvgIpc) is 3.27. The number of nitrogens with zero attached hydrogens (tertiary/aromatic N) is 2. The fourth-order valence-corrected chi connectivity index (χ4v) is 5.28. The molecule has 0 bridgehead atoms.